The van der Waals surface area contributed by atoms with E-state index in [4.69, 9.17) is 49.2 Å². The molecule has 0 N–H and O–H groups in total. The van der Waals surface area contributed by atoms with Crippen molar-refractivity contribution in [3.63, 3.8) is 0 Å². The molecule has 0 unspecified atom stereocenters. The van der Waals surface area contributed by atoms with E-state index in [9.17, 15) is 0 Å². The minimum absolute atomic E-state index is 0. The third kappa shape index (κ3) is 55.1. The van der Waals surface area contributed by atoms with Crippen LogP contribution in [0.4, 0.5) is 0 Å². The monoisotopic (exact) mass is 277 g/mol. The molecular formula is Cl5V2. The molecule has 0 nitrogen and oxygen atoms in total. The van der Waals surface area contributed by atoms with Crippen molar-refractivity contribution in [2.75, 3.05) is 0 Å². The first-order valence-corrected chi connectivity index (χ1v) is 10.5. The van der Waals surface area contributed by atoms with Gasteiger partial charge in [0.15, 0.2) is 0 Å². The number of hydrogen-bond donors (Lipinski definition) is 0. The zero-order chi connectivity index (χ0) is 5.45. The molecule has 0 saturated carbocycles. The van der Waals surface area contributed by atoms with Gasteiger partial charge in [-0.2, -0.15) is 0 Å². The summed E-state index contributed by atoms with van der Waals surface area (Å²) in [6, 6.07) is 0. The van der Waals surface area contributed by atoms with Crippen molar-refractivity contribution in [3.05, 3.63) is 0 Å². The Labute approximate surface area is 74.9 Å². The van der Waals surface area contributed by atoms with E-state index < -0.39 is 8.10 Å². The zero-order valence-electron chi connectivity index (χ0n) is 2.78. The third-order valence-electron chi connectivity index (χ3n) is 0. The Morgan fingerprint density at radius 2 is 0.714 bits per heavy atom. The maximum atomic E-state index is 5.03. The van der Waals surface area contributed by atoms with Crippen molar-refractivity contribution in [1.29, 1.82) is 0 Å². The molecule has 0 atom stereocenters. The Balaban J connectivity index is 0. The summed E-state index contributed by atoms with van der Waals surface area (Å²) >= 11 is 0. The van der Waals surface area contributed by atoms with Gasteiger partial charge in [-0.05, 0) is 0 Å². The molecular weight excluding hydrogens is 279 g/mol. The summed E-state index contributed by atoms with van der Waals surface area (Å²) in [6.07, 6.45) is 0. The predicted molar refractivity (Wildman–Crippen MR) is 29.3 cm³/mol. The Morgan fingerprint density at radius 1 is 0.714 bits per heavy atom. The van der Waals surface area contributed by atoms with Crippen LogP contribution in [0.1, 0.15) is 0 Å². The smallest absolute Gasteiger partial charge is 0 e. The molecule has 0 bridgehead atoms. The maximum Gasteiger partial charge on any atom is 0 e. The molecule has 0 aliphatic rings. The average molecular weight is 279 g/mol. The first-order valence-electron chi connectivity index (χ1n) is 0.845. The van der Waals surface area contributed by atoms with Crippen LogP contribution in [0.25, 0.3) is 0 Å². The van der Waals surface area contributed by atoms with Crippen LogP contribution >= 0.6 is 49.2 Å². The molecule has 7 heavy (non-hydrogen) atoms. The molecule has 7 heteroatoms. The van der Waals surface area contributed by atoms with Crippen LogP contribution in [-0.4, -0.2) is 0 Å². The number of rotatable bonds is 0. The molecule has 0 amide bonds. The molecule has 0 rings (SSSR count). The van der Waals surface area contributed by atoms with Crippen LogP contribution in [0.5, 0.6) is 0 Å². The first-order chi connectivity index (χ1) is 2.24. The minimum Gasteiger partial charge on any atom is 0 e. The molecule has 0 aromatic carbocycles. The summed E-state index contributed by atoms with van der Waals surface area (Å²) in [4.78, 5) is 0. The summed E-state index contributed by atoms with van der Waals surface area (Å²) in [6.45, 7) is 0. The van der Waals surface area contributed by atoms with Gasteiger partial charge in [0.1, 0.15) is 0 Å². The van der Waals surface area contributed by atoms with E-state index in [2.05, 4.69) is 0 Å². The molecule has 0 saturated heterocycles. The molecule has 1 radical (unpaired) electrons. The Morgan fingerprint density at radius 3 is 0.714 bits per heavy atom. The maximum absolute atomic E-state index is 5.03. The average Bonchev–Trinajstić information content (AvgIpc) is 0.650. The summed E-state index contributed by atoms with van der Waals surface area (Å²) in [7, 11) is 21.0. The van der Waals surface area contributed by atoms with Crippen molar-refractivity contribution in [1.82, 2.24) is 0 Å². The number of halogens is 5. The predicted octanol–water partition coefficient (Wildman–Crippen LogP) is 3.44. The van der Waals surface area contributed by atoms with Crippen LogP contribution in [-0.2, 0) is 26.7 Å². The second kappa shape index (κ2) is 3.14. The van der Waals surface area contributed by atoms with Gasteiger partial charge in [-0.15, -0.1) is 0 Å². The van der Waals surface area contributed by atoms with Gasteiger partial charge in [-0.1, -0.05) is 0 Å². The third-order valence-corrected chi connectivity index (χ3v) is 0. The van der Waals surface area contributed by atoms with Gasteiger partial charge in [0.05, 0.1) is 0 Å². The van der Waals surface area contributed by atoms with Crippen LogP contribution in [0.2, 0.25) is 0 Å². The van der Waals surface area contributed by atoms with E-state index in [-0.39, 0.29) is 18.6 Å². The fraction of sp³-hybridized carbons (Fsp3) is 0. The fourth-order valence-corrected chi connectivity index (χ4v) is 0. The van der Waals surface area contributed by atoms with Crippen LogP contribution in [0.3, 0.4) is 0 Å². The summed E-state index contributed by atoms with van der Waals surface area (Å²) < 4.78 is 0. The van der Waals surface area contributed by atoms with Gasteiger partial charge in [0.25, 0.3) is 0 Å². The zero-order valence-corrected chi connectivity index (χ0v) is 9.36. The van der Waals surface area contributed by atoms with Crippen molar-refractivity contribution in [3.8, 4) is 0 Å². The van der Waals surface area contributed by atoms with E-state index in [1.807, 2.05) is 0 Å². The van der Waals surface area contributed by atoms with Gasteiger partial charge >= 0.3 is 57.3 Å². The SMILES string of the molecule is [Cl][V]([Cl])([Cl])([Cl])[Cl].[V]. The van der Waals surface area contributed by atoms with E-state index >= 15 is 0 Å². The molecule has 0 spiro atoms. The van der Waals surface area contributed by atoms with Gasteiger partial charge in [0, 0.05) is 18.6 Å². The summed E-state index contributed by atoms with van der Waals surface area (Å²) in [5.41, 5.74) is 0. The van der Waals surface area contributed by atoms with Gasteiger partial charge < -0.3 is 0 Å². The Bertz CT molecular complexity index is 39.3. The standard InChI is InChI=1S/5ClH.2V/h5*1H;;/q;;;;;;+5/p-5. The Hall–Kier alpha value is 2.62. The van der Waals surface area contributed by atoms with Gasteiger partial charge in [-0.3, -0.25) is 0 Å². The van der Waals surface area contributed by atoms with Crippen LogP contribution < -0.4 is 0 Å². The molecule has 0 aliphatic heterocycles. The van der Waals surface area contributed by atoms with Gasteiger partial charge in [0.2, 0.25) is 0 Å². The number of hydrogen-bond acceptors (Lipinski definition) is 0. The molecule has 0 aliphatic carbocycles. The summed E-state index contributed by atoms with van der Waals surface area (Å²) in [5.74, 6) is 0. The molecule has 0 aromatic heterocycles. The molecule has 45 valence electrons. The van der Waals surface area contributed by atoms with E-state index in [1.54, 1.807) is 0 Å². The molecule has 0 fully saturated rings. The largest absolute Gasteiger partial charge is 0 e. The normalized spacial score (nSPS) is 16.4. The topological polar surface area (TPSA) is 0 Å². The van der Waals surface area contributed by atoms with Crippen LogP contribution in [0, 0.1) is 0 Å². The van der Waals surface area contributed by atoms with Crippen molar-refractivity contribution in [2.45, 2.75) is 0 Å². The minimum atomic E-state index is -4.13. The van der Waals surface area contributed by atoms with E-state index in [0.717, 1.165) is 0 Å². The van der Waals surface area contributed by atoms with E-state index in [1.165, 1.54) is 0 Å². The first kappa shape index (κ1) is 12.3. The molecule has 0 heterocycles. The second-order valence-corrected chi connectivity index (χ2v) is 23.7. The van der Waals surface area contributed by atoms with E-state index in [0.29, 0.717) is 0 Å². The van der Waals surface area contributed by atoms with Crippen LogP contribution in [0.15, 0.2) is 0 Å². The second-order valence-electron chi connectivity index (χ2n) is 0.639. The molecule has 0 aromatic rings. The van der Waals surface area contributed by atoms with Gasteiger partial charge in [-0.25, -0.2) is 0 Å². The van der Waals surface area contributed by atoms with Crippen molar-refractivity contribution in [2.24, 2.45) is 0 Å². The van der Waals surface area contributed by atoms with Crippen molar-refractivity contribution >= 4 is 49.2 Å². The summed E-state index contributed by atoms with van der Waals surface area (Å²) in [5, 5.41) is 0. The van der Waals surface area contributed by atoms with Crippen molar-refractivity contribution < 1.29 is 26.7 Å². The quantitative estimate of drug-likeness (QED) is 0.637. The fourth-order valence-electron chi connectivity index (χ4n) is 0. The Kier molecular flexibility index (Phi) is 5.52.